The molecular formula is C14H11N3OS. The minimum absolute atomic E-state index is 0.501. The third-order valence-corrected chi connectivity index (χ3v) is 3.70. The topological polar surface area (TPSA) is 54.9 Å². The molecule has 0 fully saturated rings. The Labute approximate surface area is 113 Å². The molecule has 0 aliphatic carbocycles. The Morgan fingerprint density at radius 1 is 0.895 bits per heavy atom. The van der Waals surface area contributed by atoms with Crippen LogP contribution in [-0.2, 0) is 11.0 Å². The van der Waals surface area contributed by atoms with Crippen LogP contribution in [0.2, 0.25) is 0 Å². The molecule has 0 bridgehead atoms. The van der Waals surface area contributed by atoms with Gasteiger partial charge in [-0.2, -0.15) is 0 Å². The predicted molar refractivity (Wildman–Crippen MR) is 76.0 cm³/mol. The van der Waals surface area contributed by atoms with Crippen molar-refractivity contribution in [2.45, 2.75) is 4.90 Å². The molecule has 1 N–H and O–H groups in total. The van der Waals surface area contributed by atoms with Gasteiger partial charge in [-0.05, 0) is 24.3 Å². The van der Waals surface area contributed by atoms with Gasteiger partial charge in [0.05, 0.1) is 22.1 Å². The zero-order valence-electron chi connectivity index (χ0n) is 9.98. The molecule has 1 heterocycles. The number of nitrogens with one attached hydrogen (secondary N) is 1. The first kappa shape index (κ1) is 11.8. The molecule has 0 spiro atoms. The average Bonchev–Trinajstić information content (AvgIpc) is 2.48. The van der Waals surface area contributed by atoms with Gasteiger partial charge in [0.2, 0.25) is 0 Å². The summed E-state index contributed by atoms with van der Waals surface area (Å²) in [4.78, 5) is 9.35. The van der Waals surface area contributed by atoms with Crippen LogP contribution in [0, 0.1) is 0 Å². The van der Waals surface area contributed by atoms with Crippen LogP contribution in [0.4, 0.5) is 5.82 Å². The molecule has 3 aromatic rings. The van der Waals surface area contributed by atoms with E-state index in [4.69, 9.17) is 0 Å². The fourth-order valence-electron chi connectivity index (χ4n) is 1.70. The Hall–Kier alpha value is -2.27. The first-order valence-corrected chi connectivity index (χ1v) is 6.93. The van der Waals surface area contributed by atoms with Crippen LogP contribution >= 0.6 is 0 Å². The molecule has 0 saturated heterocycles. The van der Waals surface area contributed by atoms with Crippen molar-refractivity contribution in [1.29, 1.82) is 0 Å². The second kappa shape index (κ2) is 5.16. The summed E-state index contributed by atoms with van der Waals surface area (Å²) in [5.74, 6) is 0.501. The standard InChI is InChI=1S/C14H11N3OS/c18-19(11-6-2-1-3-7-11)17-14-10-15-12-8-4-5-9-13(12)16-14/h1-10H,(H,16,17). The highest BCUT2D eigenvalue weighted by molar-refractivity contribution is 7.86. The number of aromatic nitrogens is 2. The zero-order chi connectivity index (χ0) is 13.1. The quantitative estimate of drug-likeness (QED) is 0.795. The summed E-state index contributed by atoms with van der Waals surface area (Å²) in [6, 6.07) is 16.8. The SMILES string of the molecule is O=S(Nc1cnc2ccccc2n1)c1ccccc1. The van der Waals surface area contributed by atoms with Gasteiger partial charge >= 0.3 is 0 Å². The fraction of sp³-hybridized carbons (Fsp3) is 0. The van der Waals surface area contributed by atoms with Crippen LogP contribution in [0.1, 0.15) is 0 Å². The van der Waals surface area contributed by atoms with E-state index in [1.54, 1.807) is 18.3 Å². The van der Waals surface area contributed by atoms with Crippen molar-refractivity contribution in [3.63, 3.8) is 0 Å². The highest BCUT2D eigenvalue weighted by Crippen LogP contribution is 2.13. The Balaban J connectivity index is 1.87. The zero-order valence-corrected chi connectivity index (χ0v) is 10.8. The van der Waals surface area contributed by atoms with Crippen molar-refractivity contribution in [2.75, 3.05) is 4.72 Å². The Morgan fingerprint density at radius 3 is 2.37 bits per heavy atom. The molecule has 19 heavy (non-hydrogen) atoms. The van der Waals surface area contributed by atoms with Crippen molar-refractivity contribution >= 4 is 27.8 Å². The summed E-state index contributed by atoms with van der Waals surface area (Å²) < 4.78 is 14.9. The third-order valence-electron chi connectivity index (χ3n) is 2.60. The van der Waals surface area contributed by atoms with Crippen LogP contribution < -0.4 is 4.72 Å². The maximum atomic E-state index is 12.1. The number of rotatable bonds is 3. The second-order valence-electron chi connectivity index (χ2n) is 3.93. The average molecular weight is 269 g/mol. The molecule has 1 aromatic heterocycles. The number of nitrogens with zero attached hydrogens (tertiary/aromatic N) is 2. The summed E-state index contributed by atoms with van der Waals surface area (Å²) in [6.45, 7) is 0. The molecule has 94 valence electrons. The van der Waals surface area contributed by atoms with Crippen LogP contribution in [0.25, 0.3) is 11.0 Å². The molecule has 0 radical (unpaired) electrons. The number of fused-ring (bicyclic) bond motifs is 1. The molecule has 0 amide bonds. The van der Waals surface area contributed by atoms with Crippen LogP contribution in [0.3, 0.4) is 0 Å². The van der Waals surface area contributed by atoms with Gasteiger partial charge < -0.3 is 0 Å². The van der Waals surface area contributed by atoms with E-state index in [-0.39, 0.29) is 0 Å². The van der Waals surface area contributed by atoms with Gasteiger partial charge in [0.25, 0.3) is 0 Å². The van der Waals surface area contributed by atoms with E-state index in [0.717, 1.165) is 11.0 Å². The summed E-state index contributed by atoms with van der Waals surface area (Å²) in [5.41, 5.74) is 1.59. The summed E-state index contributed by atoms with van der Waals surface area (Å²) in [7, 11) is -1.33. The first-order chi connectivity index (χ1) is 9.33. The minimum atomic E-state index is -1.33. The lowest BCUT2D eigenvalue weighted by Gasteiger charge is -2.05. The lowest BCUT2D eigenvalue weighted by Crippen LogP contribution is -2.06. The molecule has 1 unspecified atom stereocenters. The maximum absolute atomic E-state index is 12.1. The van der Waals surface area contributed by atoms with Gasteiger partial charge in [0, 0.05) is 0 Å². The van der Waals surface area contributed by atoms with Crippen molar-refractivity contribution in [3.8, 4) is 0 Å². The van der Waals surface area contributed by atoms with E-state index < -0.39 is 11.0 Å². The van der Waals surface area contributed by atoms with E-state index in [1.807, 2.05) is 42.5 Å². The third kappa shape index (κ3) is 2.61. The number of anilines is 1. The lowest BCUT2D eigenvalue weighted by atomic mass is 10.3. The molecule has 2 aromatic carbocycles. The first-order valence-electron chi connectivity index (χ1n) is 5.78. The normalized spacial score (nSPS) is 12.2. The van der Waals surface area contributed by atoms with Gasteiger partial charge in [-0.25, -0.2) is 9.19 Å². The highest BCUT2D eigenvalue weighted by Gasteiger charge is 2.05. The largest absolute Gasteiger partial charge is 0.284 e. The molecule has 0 saturated carbocycles. The predicted octanol–water partition coefficient (Wildman–Crippen LogP) is 2.76. The molecule has 0 aliphatic heterocycles. The Bertz CT molecular complexity index is 731. The van der Waals surface area contributed by atoms with Gasteiger partial charge in [0.15, 0.2) is 16.8 Å². The van der Waals surface area contributed by atoms with Gasteiger partial charge in [0.1, 0.15) is 0 Å². The molecular weight excluding hydrogens is 258 g/mol. The lowest BCUT2D eigenvalue weighted by molar-refractivity contribution is 0.686. The fourth-order valence-corrected chi connectivity index (χ4v) is 2.51. The molecule has 1 atom stereocenters. The van der Waals surface area contributed by atoms with E-state index in [2.05, 4.69) is 14.7 Å². The van der Waals surface area contributed by atoms with Gasteiger partial charge in [-0.15, -0.1) is 0 Å². The summed E-state index contributed by atoms with van der Waals surface area (Å²) in [5, 5.41) is 0. The van der Waals surface area contributed by atoms with E-state index >= 15 is 0 Å². The Morgan fingerprint density at radius 2 is 1.58 bits per heavy atom. The van der Waals surface area contributed by atoms with Gasteiger partial charge in [-0.3, -0.25) is 9.71 Å². The minimum Gasteiger partial charge on any atom is -0.284 e. The second-order valence-corrected chi connectivity index (χ2v) is 5.14. The van der Waals surface area contributed by atoms with Crippen molar-refractivity contribution in [3.05, 3.63) is 60.8 Å². The smallest absolute Gasteiger partial charge is 0.157 e. The van der Waals surface area contributed by atoms with Crippen molar-refractivity contribution in [1.82, 2.24) is 9.97 Å². The maximum Gasteiger partial charge on any atom is 0.157 e. The molecule has 4 nitrogen and oxygen atoms in total. The number of hydrogen-bond donors (Lipinski definition) is 1. The van der Waals surface area contributed by atoms with Crippen LogP contribution in [-0.4, -0.2) is 14.2 Å². The Kier molecular flexibility index (Phi) is 3.20. The van der Waals surface area contributed by atoms with Crippen molar-refractivity contribution in [2.24, 2.45) is 0 Å². The van der Waals surface area contributed by atoms with Crippen molar-refractivity contribution < 1.29 is 4.21 Å². The van der Waals surface area contributed by atoms with E-state index in [0.29, 0.717) is 10.7 Å². The highest BCUT2D eigenvalue weighted by atomic mass is 32.2. The monoisotopic (exact) mass is 269 g/mol. The van der Waals surface area contributed by atoms with E-state index in [1.165, 1.54) is 0 Å². The summed E-state index contributed by atoms with van der Waals surface area (Å²) in [6.07, 6.45) is 1.59. The number of para-hydroxylation sites is 2. The van der Waals surface area contributed by atoms with Crippen LogP contribution in [0.5, 0.6) is 0 Å². The molecule has 0 aliphatic rings. The van der Waals surface area contributed by atoms with Gasteiger partial charge in [-0.1, -0.05) is 30.3 Å². The summed E-state index contributed by atoms with van der Waals surface area (Å²) >= 11 is 0. The van der Waals surface area contributed by atoms with E-state index in [9.17, 15) is 4.21 Å². The van der Waals surface area contributed by atoms with Crippen LogP contribution in [0.15, 0.2) is 65.7 Å². The molecule has 5 heteroatoms. The number of benzene rings is 2. The number of hydrogen-bond acceptors (Lipinski definition) is 3. The molecule has 3 rings (SSSR count).